The average molecular weight is 652 g/mol. The third-order valence-electron chi connectivity index (χ3n) is 9.24. The van der Waals surface area contributed by atoms with Gasteiger partial charge in [0.05, 0.1) is 23.9 Å². The highest BCUT2D eigenvalue weighted by atomic mass is 16.5. The van der Waals surface area contributed by atoms with Crippen molar-refractivity contribution in [2.45, 2.75) is 89.0 Å². The number of nitrogens with two attached hydrogens (primary N) is 2. The summed E-state index contributed by atoms with van der Waals surface area (Å²) in [5.74, 6) is 9.95. The minimum Gasteiger partial charge on any atom is -0.437 e. The molecule has 0 saturated heterocycles. The van der Waals surface area contributed by atoms with Crippen LogP contribution < -0.4 is 25.8 Å². The number of carbonyl (C=O) groups is 1. The first-order valence-corrected chi connectivity index (χ1v) is 16.7. The summed E-state index contributed by atoms with van der Waals surface area (Å²) in [6.07, 6.45) is 6.37. The Morgan fingerprint density at radius 1 is 1.12 bits per heavy atom. The van der Waals surface area contributed by atoms with Crippen molar-refractivity contribution in [1.82, 2.24) is 0 Å². The van der Waals surface area contributed by atoms with E-state index in [-0.39, 0.29) is 25.0 Å². The molecule has 0 amide bonds. The molecule has 6 rings (SSSR count). The van der Waals surface area contributed by atoms with Gasteiger partial charge in [0.15, 0.2) is 11.5 Å². The van der Waals surface area contributed by atoms with E-state index < -0.39 is 36.6 Å². The van der Waals surface area contributed by atoms with Gasteiger partial charge < -0.3 is 36.3 Å². The van der Waals surface area contributed by atoms with Gasteiger partial charge >= 0.3 is 0 Å². The number of aliphatic hydroxyl groups is 3. The van der Waals surface area contributed by atoms with Gasteiger partial charge in [-0.25, -0.2) is 0 Å². The number of benzene rings is 2. The SMILES string of the molecule is CCCC(O)CC(O)CC(=O)CCc1ccc2c(c1)OC1C(C#CC(O)c3ccc(C(N)N)cc3CC3=CN=C4C[NH+]1C=C34)CC#CO2. The summed E-state index contributed by atoms with van der Waals surface area (Å²) in [6.45, 7) is 2.56. The van der Waals surface area contributed by atoms with Gasteiger partial charge in [-0.3, -0.25) is 14.7 Å². The van der Waals surface area contributed by atoms with E-state index in [1.165, 1.54) is 0 Å². The van der Waals surface area contributed by atoms with Gasteiger partial charge in [-0.2, -0.15) is 0 Å². The van der Waals surface area contributed by atoms with E-state index in [0.717, 1.165) is 44.9 Å². The van der Waals surface area contributed by atoms with Crippen molar-refractivity contribution in [2.75, 3.05) is 6.54 Å². The topological polar surface area (TPSA) is 165 Å². The number of quaternary nitrogens is 1. The fourth-order valence-electron chi connectivity index (χ4n) is 6.68. The number of nitrogens with zero attached hydrogens (tertiary/aromatic N) is 1. The molecule has 0 aromatic heterocycles. The smallest absolute Gasteiger partial charge is 0.251 e. The molecule has 6 atom stereocenters. The van der Waals surface area contributed by atoms with Gasteiger partial charge in [0.1, 0.15) is 42.4 Å². The number of nitrogens with one attached hydrogen (secondary N) is 1. The van der Waals surface area contributed by atoms with Crippen LogP contribution in [0.2, 0.25) is 0 Å². The third-order valence-corrected chi connectivity index (χ3v) is 9.24. The van der Waals surface area contributed by atoms with Gasteiger partial charge in [0.2, 0.25) is 0 Å². The lowest BCUT2D eigenvalue weighted by atomic mass is 9.91. The number of allylic oxidation sites excluding steroid dienone is 1. The van der Waals surface area contributed by atoms with Gasteiger partial charge in [0.25, 0.3) is 6.23 Å². The minimum atomic E-state index is -1.05. The summed E-state index contributed by atoms with van der Waals surface area (Å²) in [6, 6.07) is 11.1. The first-order valence-electron chi connectivity index (χ1n) is 16.7. The van der Waals surface area contributed by atoms with Gasteiger partial charge in [-0.15, -0.1) is 0 Å². The van der Waals surface area contributed by atoms with Crippen LogP contribution in [0.4, 0.5) is 0 Å². The number of hydrogen-bond donors (Lipinski definition) is 6. The highest BCUT2D eigenvalue weighted by molar-refractivity contribution is 6.08. The van der Waals surface area contributed by atoms with Crippen LogP contribution in [-0.2, 0) is 17.6 Å². The Bertz CT molecular complexity index is 1770. The number of fused-ring (bicyclic) bond motifs is 5. The molecule has 0 fully saturated rings. The molecule has 10 nitrogen and oxygen atoms in total. The first kappa shape index (κ1) is 33.6. The van der Waals surface area contributed by atoms with E-state index >= 15 is 0 Å². The predicted molar refractivity (Wildman–Crippen MR) is 180 cm³/mol. The Morgan fingerprint density at radius 2 is 1.98 bits per heavy atom. The summed E-state index contributed by atoms with van der Waals surface area (Å²) in [4.78, 5) is 18.4. The van der Waals surface area contributed by atoms with Crippen LogP contribution in [0.15, 0.2) is 64.9 Å². The molecule has 2 aromatic carbocycles. The molecule has 0 radical (unpaired) electrons. The van der Waals surface area contributed by atoms with Crippen LogP contribution >= 0.6 is 0 Å². The molecule has 4 aliphatic rings. The summed E-state index contributed by atoms with van der Waals surface area (Å²) in [7, 11) is 0. The van der Waals surface area contributed by atoms with Crippen molar-refractivity contribution >= 4 is 11.5 Å². The summed E-state index contributed by atoms with van der Waals surface area (Å²) < 4.78 is 12.6. The molecule has 6 unspecified atom stereocenters. The zero-order chi connectivity index (χ0) is 33.8. The van der Waals surface area contributed by atoms with Crippen LogP contribution in [-0.4, -0.2) is 51.8 Å². The van der Waals surface area contributed by atoms with Crippen molar-refractivity contribution < 1.29 is 34.5 Å². The molecule has 2 aromatic rings. The fourth-order valence-corrected chi connectivity index (χ4v) is 6.68. The largest absolute Gasteiger partial charge is 0.437 e. The van der Waals surface area contributed by atoms with E-state index in [2.05, 4.69) is 30.1 Å². The second-order valence-corrected chi connectivity index (χ2v) is 13.0. The zero-order valence-electron chi connectivity index (χ0n) is 27.1. The Labute approximate surface area is 281 Å². The highest BCUT2D eigenvalue weighted by Crippen LogP contribution is 2.33. The first-order chi connectivity index (χ1) is 23.2. The summed E-state index contributed by atoms with van der Waals surface area (Å²) >= 11 is 0. The maximum Gasteiger partial charge on any atom is 0.251 e. The van der Waals surface area contributed by atoms with E-state index in [1.807, 2.05) is 43.5 Å². The minimum absolute atomic E-state index is 0.00863. The molecular weight excluding hydrogens is 608 g/mol. The lowest BCUT2D eigenvalue weighted by molar-refractivity contribution is -0.886. The van der Waals surface area contributed by atoms with E-state index in [4.69, 9.17) is 25.9 Å². The summed E-state index contributed by atoms with van der Waals surface area (Å²) in [5.41, 5.74) is 18.2. The lowest BCUT2D eigenvalue weighted by Crippen LogP contribution is -3.13. The van der Waals surface area contributed by atoms with Crippen LogP contribution in [0.1, 0.15) is 80.0 Å². The quantitative estimate of drug-likeness (QED) is 0.168. The number of aliphatic imine (C=N–C) groups is 1. The number of aliphatic hydroxyl groups excluding tert-OH is 3. The standard InChI is InChI=1S/C38H42N4O6/c1-2-4-28(43)18-30(45)19-29(44)10-6-23-7-13-35-36(15-23)48-38-24(5-3-14-47-35)9-12-34(46)31-11-8-25(37(39)40)16-26(31)17-27-20-41-33-22-42(38)21-32(27)33/h7-8,11,13,15-16,20-21,24,28,30,34,37-38,43,45-46H,2,4-6,10,17-19,22,39-40H2,1H3/p+1. The third kappa shape index (κ3) is 7.72. The number of hydrogen-bond acceptors (Lipinski definition) is 9. The van der Waals surface area contributed by atoms with E-state index in [9.17, 15) is 20.1 Å². The van der Waals surface area contributed by atoms with Gasteiger partial charge in [-0.05, 0) is 59.2 Å². The monoisotopic (exact) mass is 651 g/mol. The molecule has 10 heteroatoms. The molecule has 4 heterocycles. The number of rotatable bonds is 10. The Balaban J connectivity index is 1.26. The lowest BCUT2D eigenvalue weighted by Gasteiger charge is -2.27. The molecule has 48 heavy (non-hydrogen) atoms. The predicted octanol–water partition coefficient (Wildman–Crippen LogP) is 1.88. The Kier molecular flexibility index (Phi) is 10.4. The average Bonchev–Trinajstić information content (AvgIpc) is 3.65. The number of ketones is 1. The Morgan fingerprint density at radius 3 is 2.79 bits per heavy atom. The van der Waals surface area contributed by atoms with E-state index in [0.29, 0.717) is 49.3 Å². The van der Waals surface area contributed by atoms with Crippen LogP contribution in [0.5, 0.6) is 11.5 Å². The Hall–Kier alpha value is -4.26. The number of aryl methyl sites for hydroxylation is 1. The number of carbonyl (C=O) groups excluding carboxylic acids is 1. The molecule has 2 bridgehead atoms. The van der Waals surface area contributed by atoms with Crippen molar-refractivity contribution in [3.05, 3.63) is 82.2 Å². The van der Waals surface area contributed by atoms with Crippen molar-refractivity contribution in [3.63, 3.8) is 0 Å². The van der Waals surface area contributed by atoms with Crippen LogP contribution in [0.25, 0.3) is 0 Å². The molecule has 8 N–H and O–H groups in total. The number of ether oxygens (including phenoxy) is 2. The van der Waals surface area contributed by atoms with Crippen LogP contribution in [0, 0.1) is 29.8 Å². The van der Waals surface area contributed by atoms with E-state index in [1.54, 1.807) is 6.07 Å². The highest BCUT2D eigenvalue weighted by Gasteiger charge is 2.40. The molecule has 250 valence electrons. The summed E-state index contributed by atoms with van der Waals surface area (Å²) in [5, 5.41) is 31.6. The number of Topliss-reactive ketones (excluding diaryl/α,β-unsaturated/α-hetero) is 1. The van der Waals surface area contributed by atoms with Gasteiger partial charge in [-0.1, -0.05) is 55.4 Å². The molecular formula is C38H43N4O6+. The normalized spacial score (nSPS) is 23.4. The second-order valence-electron chi connectivity index (χ2n) is 13.0. The van der Waals surface area contributed by atoms with Crippen molar-refractivity contribution in [1.29, 1.82) is 0 Å². The molecule has 0 spiro atoms. The van der Waals surface area contributed by atoms with Gasteiger partial charge in [0, 0.05) is 31.9 Å². The van der Waals surface area contributed by atoms with Crippen molar-refractivity contribution in [2.24, 2.45) is 22.4 Å². The van der Waals surface area contributed by atoms with Crippen molar-refractivity contribution in [3.8, 4) is 35.4 Å². The maximum absolute atomic E-state index is 12.7. The van der Waals surface area contributed by atoms with Crippen LogP contribution in [0.3, 0.4) is 0 Å². The maximum atomic E-state index is 12.7. The fraction of sp³-hybridized carbons (Fsp3) is 0.421. The second kappa shape index (κ2) is 14.9. The molecule has 0 aliphatic carbocycles. The molecule has 4 aliphatic heterocycles. The zero-order valence-corrected chi connectivity index (χ0v) is 27.1. The molecule has 0 saturated carbocycles.